The van der Waals surface area contributed by atoms with Gasteiger partial charge in [-0.15, -0.1) is 24.0 Å². The number of halogens is 2. The topological polar surface area (TPSA) is 84.0 Å². The first-order valence-corrected chi connectivity index (χ1v) is 9.20. The summed E-state index contributed by atoms with van der Waals surface area (Å²) in [7, 11) is 3.25. The largest absolute Gasteiger partial charge is 0.444 e. The molecule has 7 nitrogen and oxygen atoms in total. The van der Waals surface area contributed by atoms with Crippen LogP contribution in [0.25, 0.3) is 0 Å². The molecule has 9 heteroatoms. The van der Waals surface area contributed by atoms with Crippen LogP contribution in [0, 0.1) is 5.82 Å². The molecule has 0 saturated carbocycles. The molecular formula is C20H34FIN4O3. The van der Waals surface area contributed by atoms with Gasteiger partial charge in [-0.25, -0.2) is 9.18 Å². The van der Waals surface area contributed by atoms with Crippen molar-refractivity contribution < 1.29 is 18.7 Å². The Morgan fingerprint density at radius 2 is 1.72 bits per heavy atom. The molecular weight excluding hydrogens is 490 g/mol. The van der Waals surface area contributed by atoms with Crippen LogP contribution in [0.5, 0.6) is 0 Å². The molecule has 29 heavy (non-hydrogen) atoms. The van der Waals surface area contributed by atoms with Crippen LogP contribution in [-0.4, -0.2) is 50.4 Å². The van der Waals surface area contributed by atoms with Crippen molar-refractivity contribution in [1.82, 2.24) is 16.0 Å². The monoisotopic (exact) mass is 524 g/mol. The van der Waals surface area contributed by atoms with Gasteiger partial charge in [-0.2, -0.15) is 0 Å². The Bertz CT molecular complexity index is 661. The SMILES string of the molecule is CN=C(NCC(OC)c1ccc(F)cc1)NCC(C)(C)NC(=O)OC(C)(C)C.I. The molecule has 0 aliphatic rings. The van der Waals surface area contributed by atoms with Gasteiger partial charge in [-0.1, -0.05) is 12.1 Å². The van der Waals surface area contributed by atoms with E-state index in [1.54, 1.807) is 26.3 Å². The molecule has 166 valence electrons. The molecule has 3 N–H and O–H groups in total. The predicted molar refractivity (Wildman–Crippen MR) is 124 cm³/mol. The van der Waals surface area contributed by atoms with E-state index in [0.29, 0.717) is 19.0 Å². The van der Waals surface area contributed by atoms with Gasteiger partial charge in [-0.05, 0) is 52.3 Å². The van der Waals surface area contributed by atoms with Gasteiger partial charge in [0.25, 0.3) is 0 Å². The first-order valence-electron chi connectivity index (χ1n) is 9.20. The lowest BCUT2D eigenvalue weighted by molar-refractivity contribution is 0.0474. The van der Waals surface area contributed by atoms with Crippen LogP contribution in [0.4, 0.5) is 9.18 Å². The van der Waals surface area contributed by atoms with Crippen LogP contribution in [-0.2, 0) is 9.47 Å². The molecule has 1 atom stereocenters. The molecule has 0 radical (unpaired) electrons. The van der Waals surface area contributed by atoms with E-state index in [9.17, 15) is 9.18 Å². The van der Waals surface area contributed by atoms with Gasteiger partial charge in [0.15, 0.2) is 5.96 Å². The zero-order valence-electron chi connectivity index (χ0n) is 18.3. The normalized spacial score (nSPS) is 13.2. The third kappa shape index (κ3) is 11.2. The summed E-state index contributed by atoms with van der Waals surface area (Å²) in [6.07, 6.45) is -0.731. The highest BCUT2D eigenvalue weighted by atomic mass is 127. The fraction of sp³-hybridized carbons (Fsp3) is 0.600. The zero-order valence-corrected chi connectivity index (χ0v) is 20.6. The lowest BCUT2D eigenvalue weighted by Crippen LogP contribution is -2.54. The van der Waals surface area contributed by atoms with Crippen LogP contribution in [0.1, 0.15) is 46.3 Å². The second-order valence-electron chi connectivity index (χ2n) is 8.09. The van der Waals surface area contributed by atoms with Gasteiger partial charge in [0.1, 0.15) is 11.4 Å². The number of amides is 1. The maximum atomic E-state index is 13.1. The van der Waals surface area contributed by atoms with Crippen LogP contribution in [0.2, 0.25) is 0 Å². The maximum absolute atomic E-state index is 13.1. The minimum atomic E-state index is -0.558. The van der Waals surface area contributed by atoms with Gasteiger partial charge < -0.3 is 25.4 Å². The third-order valence-electron chi connectivity index (χ3n) is 3.74. The van der Waals surface area contributed by atoms with Crippen LogP contribution in [0.3, 0.4) is 0 Å². The number of benzene rings is 1. The van der Waals surface area contributed by atoms with Crippen molar-refractivity contribution in [3.8, 4) is 0 Å². The molecule has 0 fully saturated rings. The predicted octanol–water partition coefficient (Wildman–Crippen LogP) is 3.60. The highest BCUT2D eigenvalue weighted by Gasteiger charge is 2.25. The minimum Gasteiger partial charge on any atom is -0.444 e. The van der Waals surface area contributed by atoms with Gasteiger partial charge in [0, 0.05) is 27.2 Å². The summed E-state index contributed by atoms with van der Waals surface area (Å²) in [5.74, 6) is 0.270. The van der Waals surface area contributed by atoms with Gasteiger partial charge in [-0.3, -0.25) is 4.99 Å². The van der Waals surface area contributed by atoms with Crippen molar-refractivity contribution in [3.63, 3.8) is 0 Å². The first kappa shape index (κ1) is 27.4. The Hall–Kier alpha value is -1.62. The molecule has 1 rings (SSSR count). The fourth-order valence-corrected chi connectivity index (χ4v) is 2.35. The number of carbonyl (C=O) groups excluding carboxylic acids is 1. The molecule has 0 aliphatic heterocycles. The van der Waals surface area contributed by atoms with Crippen LogP contribution in [0.15, 0.2) is 29.3 Å². The van der Waals surface area contributed by atoms with Crippen LogP contribution >= 0.6 is 24.0 Å². The number of ether oxygens (including phenoxy) is 2. The van der Waals surface area contributed by atoms with E-state index >= 15 is 0 Å². The third-order valence-corrected chi connectivity index (χ3v) is 3.74. The summed E-state index contributed by atoms with van der Waals surface area (Å²) in [6.45, 7) is 10.1. The van der Waals surface area contributed by atoms with Crippen molar-refractivity contribution in [1.29, 1.82) is 0 Å². The smallest absolute Gasteiger partial charge is 0.408 e. The number of hydrogen-bond donors (Lipinski definition) is 3. The molecule has 0 heterocycles. The summed E-state index contributed by atoms with van der Waals surface area (Å²) in [4.78, 5) is 16.2. The highest BCUT2D eigenvalue weighted by molar-refractivity contribution is 14.0. The number of aliphatic imine (C=N–C) groups is 1. The van der Waals surface area contributed by atoms with E-state index in [1.165, 1.54) is 12.1 Å². The van der Waals surface area contributed by atoms with E-state index in [2.05, 4.69) is 20.9 Å². The Morgan fingerprint density at radius 1 is 1.14 bits per heavy atom. The number of alkyl carbamates (subject to hydrolysis) is 1. The van der Waals surface area contributed by atoms with Crippen molar-refractivity contribution in [3.05, 3.63) is 35.6 Å². The highest BCUT2D eigenvalue weighted by Crippen LogP contribution is 2.16. The van der Waals surface area contributed by atoms with Crippen LogP contribution < -0.4 is 16.0 Å². The molecule has 1 aromatic carbocycles. The lowest BCUT2D eigenvalue weighted by Gasteiger charge is -2.29. The van der Waals surface area contributed by atoms with Crippen molar-refractivity contribution in [2.75, 3.05) is 27.2 Å². The average Bonchev–Trinajstić information content (AvgIpc) is 2.57. The van der Waals surface area contributed by atoms with E-state index in [-0.39, 0.29) is 35.9 Å². The molecule has 1 unspecified atom stereocenters. The number of rotatable bonds is 7. The number of methoxy groups -OCH3 is 1. The van der Waals surface area contributed by atoms with Crippen molar-refractivity contribution in [2.24, 2.45) is 4.99 Å². The lowest BCUT2D eigenvalue weighted by atomic mass is 10.1. The van der Waals surface area contributed by atoms with E-state index < -0.39 is 17.2 Å². The van der Waals surface area contributed by atoms with Gasteiger partial charge in [0.05, 0.1) is 11.6 Å². The molecule has 0 spiro atoms. The summed E-state index contributed by atoms with van der Waals surface area (Å²) >= 11 is 0. The molecule has 0 saturated heterocycles. The Kier molecular flexibility index (Phi) is 11.5. The van der Waals surface area contributed by atoms with Crippen molar-refractivity contribution in [2.45, 2.75) is 51.9 Å². The second kappa shape index (κ2) is 12.2. The van der Waals surface area contributed by atoms with Crippen molar-refractivity contribution >= 4 is 36.0 Å². The molecule has 0 bridgehead atoms. The standard InChI is InChI=1S/C20H33FN4O3.HI/c1-19(2,3)28-18(26)25-20(4,5)13-24-17(22-6)23-12-16(27-7)14-8-10-15(21)11-9-14;/h8-11,16H,12-13H2,1-7H3,(H,25,26)(H2,22,23,24);1H. The molecule has 1 aromatic rings. The molecule has 1 amide bonds. The number of carbonyl (C=O) groups is 1. The first-order chi connectivity index (χ1) is 13.0. The summed E-state index contributed by atoms with van der Waals surface area (Å²) < 4.78 is 23.9. The van der Waals surface area contributed by atoms with E-state index in [0.717, 1.165) is 5.56 Å². The maximum Gasteiger partial charge on any atom is 0.408 e. The fourth-order valence-electron chi connectivity index (χ4n) is 2.35. The van der Waals surface area contributed by atoms with Gasteiger partial charge >= 0.3 is 6.09 Å². The number of nitrogens with one attached hydrogen (secondary N) is 3. The number of hydrogen-bond acceptors (Lipinski definition) is 4. The molecule has 0 aliphatic carbocycles. The summed E-state index contributed by atoms with van der Waals surface area (Å²) in [5, 5.41) is 9.18. The van der Waals surface area contributed by atoms with Gasteiger partial charge in [0.2, 0.25) is 0 Å². The Labute approximate surface area is 190 Å². The molecule has 0 aromatic heterocycles. The summed E-state index contributed by atoms with van der Waals surface area (Å²) in [5.41, 5.74) is -0.253. The number of nitrogens with zero attached hydrogens (tertiary/aromatic N) is 1. The average molecular weight is 524 g/mol. The Morgan fingerprint density at radius 3 is 2.21 bits per heavy atom. The summed E-state index contributed by atoms with van der Waals surface area (Å²) in [6, 6.07) is 6.18. The Balaban J connectivity index is 0.00000784. The quantitative estimate of drug-likeness (QED) is 0.289. The second-order valence-corrected chi connectivity index (χ2v) is 8.09. The van der Waals surface area contributed by atoms with E-state index in [4.69, 9.17) is 9.47 Å². The zero-order chi connectivity index (χ0) is 21.4. The minimum absolute atomic E-state index is 0. The number of guanidine groups is 1. The van der Waals surface area contributed by atoms with E-state index in [1.807, 2.05) is 34.6 Å².